The number of nitrogens with zero attached hydrogens (tertiary/aromatic N) is 1. The molecule has 4 atom stereocenters. The van der Waals surface area contributed by atoms with Crippen LogP contribution in [-0.2, 0) is 0 Å². The fourth-order valence-corrected chi connectivity index (χ4v) is 3.26. The van der Waals surface area contributed by atoms with E-state index in [2.05, 4.69) is 31.0 Å². The highest BCUT2D eigenvalue weighted by Crippen LogP contribution is 2.27. The second-order valence-corrected chi connectivity index (χ2v) is 5.75. The summed E-state index contributed by atoms with van der Waals surface area (Å²) in [5, 5.41) is 3.58. The van der Waals surface area contributed by atoms with Gasteiger partial charge < -0.3 is 5.32 Å². The Kier molecular flexibility index (Phi) is 3.68. The lowest BCUT2D eigenvalue weighted by Crippen LogP contribution is -2.55. The summed E-state index contributed by atoms with van der Waals surface area (Å²) >= 11 is 0. The van der Waals surface area contributed by atoms with Gasteiger partial charge in [0.25, 0.3) is 0 Å². The van der Waals surface area contributed by atoms with Gasteiger partial charge in [-0.2, -0.15) is 0 Å². The number of rotatable bonds is 1. The van der Waals surface area contributed by atoms with Crippen molar-refractivity contribution in [1.82, 2.24) is 10.2 Å². The minimum absolute atomic E-state index is 0.788. The summed E-state index contributed by atoms with van der Waals surface area (Å²) in [6.07, 6.45) is 4.22. The van der Waals surface area contributed by atoms with Crippen molar-refractivity contribution in [3.05, 3.63) is 0 Å². The molecule has 2 nitrogen and oxygen atoms in total. The van der Waals surface area contributed by atoms with Crippen LogP contribution >= 0.6 is 0 Å². The van der Waals surface area contributed by atoms with Crippen LogP contribution in [0.1, 0.15) is 40.0 Å². The highest BCUT2D eigenvalue weighted by molar-refractivity contribution is 4.88. The lowest BCUT2D eigenvalue weighted by Gasteiger charge is -2.45. The highest BCUT2D eigenvalue weighted by atomic mass is 15.2. The molecule has 0 aromatic heterocycles. The largest absolute Gasteiger partial charge is 0.315 e. The highest BCUT2D eigenvalue weighted by Gasteiger charge is 2.32. The number of piperidine rings is 2. The molecular weight excluding hydrogens is 184 g/mol. The molecule has 0 aromatic rings. The SMILES string of the molecule is CC1CNCC(N2CCCC(C)C2C)C1. The van der Waals surface area contributed by atoms with Crippen molar-refractivity contribution < 1.29 is 0 Å². The van der Waals surface area contributed by atoms with Crippen LogP contribution in [0.2, 0.25) is 0 Å². The van der Waals surface area contributed by atoms with Crippen molar-refractivity contribution >= 4 is 0 Å². The lowest BCUT2D eigenvalue weighted by atomic mass is 9.88. The summed E-state index contributed by atoms with van der Waals surface area (Å²) in [4.78, 5) is 2.76. The molecule has 1 N–H and O–H groups in total. The van der Waals surface area contributed by atoms with E-state index in [4.69, 9.17) is 0 Å². The maximum absolute atomic E-state index is 3.58. The van der Waals surface area contributed by atoms with E-state index in [1.807, 2.05) is 0 Å². The Morgan fingerprint density at radius 1 is 1.13 bits per heavy atom. The van der Waals surface area contributed by atoms with Crippen LogP contribution in [0.25, 0.3) is 0 Å². The molecule has 15 heavy (non-hydrogen) atoms. The molecule has 4 unspecified atom stereocenters. The van der Waals surface area contributed by atoms with E-state index < -0.39 is 0 Å². The van der Waals surface area contributed by atoms with Crippen LogP contribution < -0.4 is 5.32 Å². The first-order valence-electron chi connectivity index (χ1n) is 6.65. The van der Waals surface area contributed by atoms with E-state index in [9.17, 15) is 0 Å². The Hall–Kier alpha value is -0.0800. The summed E-state index contributed by atoms with van der Waals surface area (Å²) in [5.41, 5.74) is 0. The van der Waals surface area contributed by atoms with Crippen LogP contribution in [0, 0.1) is 11.8 Å². The van der Waals surface area contributed by atoms with Gasteiger partial charge in [0.15, 0.2) is 0 Å². The Bertz CT molecular complexity index is 205. The van der Waals surface area contributed by atoms with Gasteiger partial charge in [-0.1, -0.05) is 13.8 Å². The van der Waals surface area contributed by atoms with Crippen molar-refractivity contribution in [1.29, 1.82) is 0 Å². The van der Waals surface area contributed by atoms with Crippen LogP contribution in [-0.4, -0.2) is 36.6 Å². The van der Waals surface area contributed by atoms with Crippen LogP contribution in [0.3, 0.4) is 0 Å². The van der Waals surface area contributed by atoms with Crippen molar-refractivity contribution in [3.63, 3.8) is 0 Å². The summed E-state index contributed by atoms with van der Waals surface area (Å²) in [6.45, 7) is 11.0. The van der Waals surface area contributed by atoms with E-state index in [0.717, 1.165) is 23.9 Å². The van der Waals surface area contributed by atoms with E-state index in [1.165, 1.54) is 38.9 Å². The van der Waals surface area contributed by atoms with Crippen molar-refractivity contribution in [2.75, 3.05) is 19.6 Å². The van der Waals surface area contributed by atoms with Crippen LogP contribution in [0.5, 0.6) is 0 Å². The van der Waals surface area contributed by atoms with Crippen LogP contribution in [0.4, 0.5) is 0 Å². The third-order valence-electron chi connectivity index (χ3n) is 4.44. The maximum Gasteiger partial charge on any atom is 0.0226 e. The van der Waals surface area contributed by atoms with Gasteiger partial charge in [-0.25, -0.2) is 0 Å². The predicted octanol–water partition coefficient (Wildman–Crippen LogP) is 2.10. The van der Waals surface area contributed by atoms with E-state index in [-0.39, 0.29) is 0 Å². The smallest absolute Gasteiger partial charge is 0.0226 e. The Morgan fingerprint density at radius 3 is 2.67 bits per heavy atom. The molecule has 2 fully saturated rings. The average molecular weight is 210 g/mol. The van der Waals surface area contributed by atoms with Gasteiger partial charge in [0.05, 0.1) is 0 Å². The summed E-state index contributed by atoms with van der Waals surface area (Å²) < 4.78 is 0. The maximum atomic E-state index is 3.58. The van der Waals surface area contributed by atoms with Gasteiger partial charge in [-0.15, -0.1) is 0 Å². The van der Waals surface area contributed by atoms with Crippen LogP contribution in [0.15, 0.2) is 0 Å². The molecule has 0 aromatic carbocycles. The minimum Gasteiger partial charge on any atom is -0.315 e. The molecule has 2 rings (SSSR count). The molecule has 88 valence electrons. The monoisotopic (exact) mass is 210 g/mol. The summed E-state index contributed by atoms with van der Waals surface area (Å²) in [6, 6.07) is 1.59. The zero-order chi connectivity index (χ0) is 10.8. The molecule has 2 aliphatic rings. The minimum atomic E-state index is 0.788. The Morgan fingerprint density at radius 2 is 1.93 bits per heavy atom. The van der Waals surface area contributed by atoms with E-state index >= 15 is 0 Å². The third kappa shape index (κ3) is 2.54. The van der Waals surface area contributed by atoms with Gasteiger partial charge in [0.1, 0.15) is 0 Å². The molecule has 0 bridgehead atoms. The second-order valence-electron chi connectivity index (χ2n) is 5.75. The lowest BCUT2D eigenvalue weighted by molar-refractivity contribution is 0.0475. The van der Waals surface area contributed by atoms with Crippen molar-refractivity contribution in [2.24, 2.45) is 11.8 Å². The predicted molar refractivity (Wildman–Crippen MR) is 65.0 cm³/mol. The quantitative estimate of drug-likeness (QED) is 0.713. The topological polar surface area (TPSA) is 15.3 Å². The molecule has 0 aliphatic carbocycles. The second kappa shape index (κ2) is 4.84. The number of hydrogen-bond acceptors (Lipinski definition) is 2. The Labute approximate surface area is 94.4 Å². The fraction of sp³-hybridized carbons (Fsp3) is 1.00. The van der Waals surface area contributed by atoms with Gasteiger partial charge in [-0.3, -0.25) is 4.90 Å². The van der Waals surface area contributed by atoms with Crippen molar-refractivity contribution in [2.45, 2.75) is 52.1 Å². The number of likely N-dealkylation sites (tertiary alicyclic amines) is 1. The van der Waals surface area contributed by atoms with E-state index in [1.54, 1.807) is 0 Å². The van der Waals surface area contributed by atoms with Gasteiger partial charge >= 0.3 is 0 Å². The van der Waals surface area contributed by atoms with E-state index in [0.29, 0.717) is 0 Å². The molecular formula is C13H26N2. The molecule has 2 heteroatoms. The molecule has 2 aliphatic heterocycles. The first-order valence-corrected chi connectivity index (χ1v) is 6.65. The van der Waals surface area contributed by atoms with Crippen molar-refractivity contribution in [3.8, 4) is 0 Å². The van der Waals surface area contributed by atoms with Gasteiger partial charge in [-0.05, 0) is 51.1 Å². The Balaban J connectivity index is 1.96. The van der Waals surface area contributed by atoms with Gasteiger partial charge in [0.2, 0.25) is 0 Å². The molecule has 0 radical (unpaired) electrons. The molecule has 2 heterocycles. The van der Waals surface area contributed by atoms with Gasteiger partial charge in [0, 0.05) is 18.6 Å². The number of hydrogen-bond donors (Lipinski definition) is 1. The molecule has 2 saturated heterocycles. The zero-order valence-corrected chi connectivity index (χ0v) is 10.5. The zero-order valence-electron chi connectivity index (χ0n) is 10.5. The molecule has 0 spiro atoms. The fourth-order valence-electron chi connectivity index (χ4n) is 3.26. The third-order valence-corrected chi connectivity index (χ3v) is 4.44. The first-order chi connectivity index (χ1) is 7.18. The molecule has 0 saturated carbocycles. The average Bonchev–Trinajstić information content (AvgIpc) is 2.22. The normalized spacial score (nSPS) is 44.2. The number of nitrogens with one attached hydrogen (secondary N) is 1. The summed E-state index contributed by atoms with van der Waals surface area (Å²) in [7, 11) is 0. The first kappa shape index (κ1) is 11.4. The summed E-state index contributed by atoms with van der Waals surface area (Å²) in [5.74, 6) is 1.74. The molecule has 0 amide bonds. The standard InChI is InChI=1S/C13H26N2/c1-10-7-13(9-14-8-10)15-6-4-5-11(2)12(15)3/h10-14H,4-9H2,1-3H3.